The van der Waals surface area contributed by atoms with Crippen molar-refractivity contribution in [1.29, 1.82) is 0 Å². The molecule has 144 valence electrons. The number of hydrogen-bond acceptors (Lipinski definition) is 6. The molecule has 0 radical (unpaired) electrons. The topological polar surface area (TPSA) is 55.4 Å². The molecule has 0 aromatic rings. The summed E-state index contributed by atoms with van der Waals surface area (Å²) < 4.78 is 34.5. The smallest absolute Gasteiger partial charge is 0.0917 e. The van der Waals surface area contributed by atoms with Crippen molar-refractivity contribution in [1.82, 2.24) is 0 Å². The number of hydrogen-bond donors (Lipinski definition) is 0. The molecule has 1 fully saturated rings. The summed E-state index contributed by atoms with van der Waals surface area (Å²) in [4.78, 5) is 0. The van der Waals surface area contributed by atoms with Gasteiger partial charge in [-0.2, -0.15) is 0 Å². The van der Waals surface area contributed by atoms with E-state index in [1.807, 2.05) is 41.5 Å². The van der Waals surface area contributed by atoms with E-state index in [1.54, 1.807) is 0 Å². The highest BCUT2D eigenvalue weighted by molar-refractivity contribution is 4.92. The molecule has 1 aliphatic rings. The zero-order valence-electron chi connectivity index (χ0n) is 16.3. The lowest BCUT2D eigenvalue weighted by Crippen LogP contribution is -2.54. The largest absolute Gasteiger partial charge is 0.377 e. The fraction of sp³-hybridized carbons (Fsp3) is 1.00. The van der Waals surface area contributed by atoms with Crippen molar-refractivity contribution in [3.8, 4) is 0 Å². The zero-order valence-corrected chi connectivity index (χ0v) is 16.3. The van der Waals surface area contributed by atoms with Gasteiger partial charge in [0.25, 0.3) is 0 Å². The van der Waals surface area contributed by atoms with Crippen LogP contribution in [0.25, 0.3) is 0 Å². The van der Waals surface area contributed by atoms with Crippen molar-refractivity contribution < 1.29 is 28.4 Å². The van der Waals surface area contributed by atoms with Gasteiger partial charge in [0, 0.05) is 0 Å². The second-order valence-corrected chi connectivity index (χ2v) is 7.62. The molecule has 0 amide bonds. The van der Waals surface area contributed by atoms with Crippen LogP contribution in [0.5, 0.6) is 0 Å². The first-order chi connectivity index (χ1) is 11.2. The SMILES string of the molecule is CC1(C)COCCOCCOCCOCCOC(C)(C)C(C)(C)O1. The molecule has 0 aromatic heterocycles. The van der Waals surface area contributed by atoms with Crippen molar-refractivity contribution in [2.75, 3.05) is 59.5 Å². The number of ether oxygens (including phenoxy) is 6. The van der Waals surface area contributed by atoms with E-state index in [4.69, 9.17) is 28.4 Å². The average molecular weight is 348 g/mol. The fourth-order valence-electron chi connectivity index (χ4n) is 2.35. The van der Waals surface area contributed by atoms with E-state index < -0.39 is 16.8 Å². The Morgan fingerprint density at radius 1 is 0.500 bits per heavy atom. The van der Waals surface area contributed by atoms with Gasteiger partial charge >= 0.3 is 0 Å². The molecule has 1 rings (SSSR count). The van der Waals surface area contributed by atoms with Gasteiger partial charge in [0.05, 0.1) is 76.3 Å². The van der Waals surface area contributed by atoms with E-state index in [-0.39, 0.29) is 0 Å². The molecule has 0 aromatic carbocycles. The lowest BCUT2D eigenvalue weighted by molar-refractivity contribution is -0.234. The Bertz CT molecular complexity index is 340. The van der Waals surface area contributed by atoms with Gasteiger partial charge in [-0.05, 0) is 41.5 Å². The molecule has 6 heteroatoms. The van der Waals surface area contributed by atoms with E-state index in [0.29, 0.717) is 59.5 Å². The molecule has 6 nitrogen and oxygen atoms in total. The molecule has 0 N–H and O–H groups in total. The van der Waals surface area contributed by atoms with Gasteiger partial charge < -0.3 is 28.4 Å². The van der Waals surface area contributed by atoms with E-state index in [1.165, 1.54) is 0 Å². The van der Waals surface area contributed by atoms with Crippen LogP contribution in [0.3, 0.4) is 0 Å². The van der Waals surface area contributed by atoms with Crippen LogP contribution in [0.15, 0.2) is 0 Å². The molecule has 0 bridgehead atoms. The highest BCUT2D eigenvalue weighted by Gasteiger charge is 2.43. The van der Waals surface area contributed by atoms with Gasteiger partial charge in [-0.15, -0.1) is 0 Å². The van der Waals surface area contributed by atoms with Crippen molar-refractivity contribution in [2.24, 2.45) is 0 Å². The van der Waals surface area contributed by atoms with Crippen LogP contribution in [0, 0.1) is 0 Å². The minimum Gasteiger partial charge on any atom is -0.377 e. The minimum absolute atomic E-state index is 0.421. The molecular weight excluding hydrogens is 312 g/mol. The van der Waals surface area contributed by atoms with E-state index in [9.17, 15) is 0 Å². The van der Waals surface area contributed by atoms with Gasteiger partial charge in [0.15, 0.2) is 0 Å². The van der Waals surface area contributed by atoms with Crippen LogP contribution in [0.2, 0.25) is 0 Å². The molecule has 0 saturated carbocycles. The third-order valence-corrected chi connectivity index (χ3v) is 4.24. The standard InChI is InChI=1S/C18H36O6/c1-16(2)15-22-12-11-20-8-7-19-9-10-21-13-14-23-17(3,4)18(5,6)24-16/h7-15H2,1-6H3. The van der Waals surface area contributed by atoms with E-state index >= 15 is 0 Å². The van der Waals surface area contributed by atoms with Crippen LogP contribution in [0.4, 0.5) is 0 Å². The molecule has 0 spiro atoms. The summed E-state index contributed by atoms with van der Waals surface area (Å²) in [7, 11) is 0. The predicted molar refractivity (Wildman–Crippen MR) is 92.6 cm³/mol. The molecule has 1 aliphatic heterocycles. The van der Waals surface area contributed by atoms with Crippen molar-refractivity contribution in [2.45, 2.75) is 58.3 Å². The summed E-state index contributed by atoms with van der Waals surface area (Å²) in [5.41, 5.74) is -1.36. The Balaban J connectivity index is 2.61. The first-order valence-electron chi connectivity index (χ1n) is 8.81. The lowest BCUT2D eigenvalue weighted by atomic mass is 9.88. The van der Waals surface area contributed by atoms with Gasteiger partial charge in [-0.25, -0.2) is 0 Å². The molecule has 0 atom stereocenters. The molecular formula is C18H36O6. The summed E-state index contributed by atoms with van der Waals surface area (Å²) >= 11 is 0. The van der Waals surface area contributed by atoms with Crippen LogP contribution in [0.1, 0.15) is 41.5 Å². The van der Waals surface area contributed by atoms with E-state index in [2.05, 4.69) is 0 Å². The average Bonchev–Trinajstić information content (AvgIpc) is 2.45. The molecule has 24 heavy (non-hydrogen) atoms. The second-order valence-electron chi connectivity index (χ2n) is 7.62. The molecule has 0 unspecified atom stereocenters. The maximum atomic E-state index is 6.33. The van der Waals surface area contributed by atoms with Gasteiger partial charge in [-0.3, -0.25) is 0 Å². The summed E-state index contributed by atoms with van der Waals surface area (Å²) in [5.74, 6) is 0. The first-order valence-corrected chi connectivity index (χ1v) is 8.81. The number of rotatable bonds is 0. The molecule has 0 aliphatic carbocycles. The van der Waals surface area contributed by atoms with Crippen LogP contribution in [-0.2, 0) is 28.4 Å². The molecule has 1 saturated heterocycles. The predicted octanol–water partition coefficient (Wildman–Crippen LogP) is 2.44. The summed E-state index contributed by atoms with van der Waals surface area (Å²) in [6.07, 6.45) is 0. The van der Waals surface area contributed by atoms with Crippen LogP contribution >= 0.6 is 0 Å². The second kappa shape index (κ2) is 10.0. The van der Waals surface area contributed by atoms with Gasteiger partial charge in [-0.1, -0.05) is 0 Å². The van der Waals surface area contributed by atoms with Crippen molar-refractivity contribution in [3.05, 3.63) is 0 Å². The maximum Gasteiger partial charge on any atom is 0.0917 e. The van der Waals surface area contributed by atoms with Crippen LogP contribution < -0.4 is 0 Å². The Morgan fingerprint density at radius 2 is 0.917 bits per heavy atom. The Kier molecular flexibility index (Phi) is 9.12. The monoisotopic (exact) mass is 348 g/mol. The molecule has 1 heterocycles. The third kappa shape index (κ3) is 8.23. The highest BCUT2D eigenvalue weighted by atomic mass is 16.6. The van der Waals surface area contributed by atoms with Crippen LogP contribution in [-0.4, -0.2) is 76.3 Å². The Morgan fingerprint density at radius 3 is 1.42 bits per heavy atom. The van der Waals surface area contributed by atoms with Gasteiger partial charge in [0.2, 0.25) is 0 Å². The van der Waals surface area contributed by atoms with Crippen molar-refractivity contribution in [3.63, 3.8) is 0 Å². The lowest BCUT2D eigenvalue weighted by Gasteiger charge is -2.45. The Labute approximate surface area is 147 Å². The zero-order chi connectivity index (χ0) is 18.1. The highest BCUT2D eigenvalue weighted by Crippen LogP contribution is 2.33. The first kappa shape index (κ1) is 21.8. The fourth-order valence-corrected chi connectivity index (χ4v) is 2.35. The maximum absolute atomic E-state index is 6.33. The van der Waals surface area contributed by atoms with E-state index in [0.717, 1.165) is 0 Å². The summed E-state index contributed by atoms with van der Waals surface area (Å²) in [6, 6.07) is 0. The normalized spacial score (nSPS) is 27.8. The van der Waals surface area contributed by atoms with Crippen molar-refractivity contribution >= 4 is 0 Å². The summed E-state index contributed by atoms with van der Waals surface area (Å²) in [6.45, 7) is 17.1. The third-order valence-electron chi connectivity index (χ3n) is 4.24. The quantitative estimate of drug-likeness (QED) is 0.670. The minimum atomic E-state index is -0.481. The summed E-state index contributed by atoms with van der Waals surface area (Å²) in [5, 5.41) is 0. The Hall–Kier alpha value is -0.240. The van der Waals surface area contributed by atoms with Gasteiger partial charge in [0.1, 0.15) is 0 Å².